The van der Waals surface area contributed by atoms with Crippen molar-refractivity contribution in [2.75, 3.05) is 0 Å². The summed E-state index contributed by atoms with van der Waals surface area (Å²) in [6, 6.07) is 21.6. The van der Waals surface area contributed by atoms with Crippen molar-refractivity contribution >= 4 is 0 Å². The summed E-state index contributed by atoms with van der Waals surface area (Å²) in [6.45, 7) is 2.26. The van der Waals surface area contributed by atoms with Crippen molar-refractivity contribution in [3.63, 3.8) is 0 Å². The van der Waals surface area contributed by atoms with E-state index >= 15 is 0 Å². The van der Waals surface area contributed by atoms with E-state index in [1.165, 1.54) is 24.0 Å². The zero-order chi connectivity index (χ0) is 12.6. The largest absolute Gasteiger partial charge is 0.0654 e. The molecule has 2 aromatic carbocycles. The van der Waals surface area contributed by atoms with E-state index < -0.39 is 0 Å². The van der Waals surface area contributed by atoms with Crippen molar-refractivity contribution < 1.29 is 0 Å². The molecule has 0 aliphatic rings. The summed E-state index contributed by atoms with van der Waals surface area (Å²) in [4.78, 5) is 0. The van der Waals surface area contributed by atoms with Gasteiger partial charge in [-0.2, -0.15) is 0 Å². The van der Waals surface area contributed by atoms with Crippen LogP contribution in [0.15, 0.2) is 60.7 Å². The first kappa shape index (κ1) is 12.9. The summed E-state index contributed by atoms with van der Waals surface area (Å²) in [5.41, 5.74) is 2.86. The van der Waals surface area contributed by atoms with Crippen molar-refractivity contribution in [3.05, 3.63) is 77.7 Å². The zero-order valence-corrected chi connectivity index (χ0v) is 11.1. The van der Waals surface area contributed by atoms with Crippen molar-refractivity contribution in [3.8, 4) is 0 Å². The Kier molecular flexibility index (Phi) is 5.01. The Morgan fingerprint density at radius 3 is 1.56 bits per heavy atom. The van der Waals surface area contributed by atoms with Crippen LogP contribution in [0.25, 0.3) is 0 Å². The van der Waals surface area contributed by atoms with E-state index in [1.807, 2.05) is 0 Å². The molecule has 0 spiro atoms. The number of benzene rings is 2. The molecule has 0 aromatic heterocycles. The summed E-state index contributed by atoms with van der Waals surface area (Å²) in [7, 11) is 0. The summed E-state index contributed by atoms with van der Waals surface area (Å²) < 4.78 is 0. The Labute approximate surface area is 111 Å². The minimum Gasteiger partial charge on any atom is -0.0654 e. The summed E-state index contributed by atoms with van der Waals surface area (Å²) in [5.74, 6) is 1.63. The maximum atomic E-state index is 2.26. The molecule has 18 heavy (non-hydrogen) atoms. The topological polar surface area (TPSA) is 0 Å². The van der Waals surface area contributed by atoms with E-state index in [-0.39, 0.29) is 0 Å². The molecule has 0 saturated heterocycles. The molecule has 1 radical (unpaired) electrons. The van der Waals surface area contributed by atoms with Gasteiger partial charge in [0.2, 0.25) is 0 Å². The molecule has 0 atom stereocenters. The molecular formula is C18H21. The quantitative estimate of drug-likeness (QED) is 0.674. The van der Waals surface area contributed by atoms with Gasteiger partial charge in [-0.15, -0.1) is 0 Å². The van der Waals surface area contributed by atoms with Gasteiger partial charge in [0.15, 0.2) is 0 Å². The Hall–Kier alpha value is -1.56. The minimum absolute atomic E-state index is 1.11. The first-order valence-electron chi connectivity index (χ1n) is 6.80. The number of hydrogen-bond donors (Lipinski definition) is 0. The molecule has 0 unspecified atom stereocenters. The van der Waals surface area contributed by atoms with Crippen LogP contribution in [0.3, 0.4) is 0 Å². The number of hydrogen-bond acceptors (Lipinski definition) is 0. The fraction of sp³-hybridized carbons (Fsp3) is 0.278. The van der Waals surface area contributed by atoms with E-state index in [9.17, 15) is 0 Å². The fourth-order valence-electron chi connectivity index (χ4n) is 2.36. The van der Waals surface area contributed by atoms with E-state index in [0.717, 1.165) is 12.8 Å². The normalized spacial score (nSPS) is 10.8. The van der Waals surface area contributed by atoms with Crippen LogP contribution in [0.2, 0.25) is 0 Å². The Morgan fingerprint density at radius 2 is 1.17 bits per heavy atom. The highest BCUT2D eigenvalue weighted by Gasteiger charge is 2.10. The standard InChI is InChI=1S/C18H21/c1-2-9-18(14-16-10-5-3-6-11-16)15-17-12-7-4-8-13-17/h3-8,10-13H,2,9,14-15H2,1H3. The first-order chi connectivity index (χ1) is 8.88. The third-order valence-electron chi connectivity index (χ3n) is 3.20. The highest BCUT2D eigenvalue weighted by atomic mass is 14.1. The molecule has 0 aliphatic carbocycles. The van der Waals surface area contributed by atoms with Gasteiger partial charge in [0, 0.05) is 0 Å². The lowest BCUT2D eigenvalue weighted by atomic mass is 9.89. The smallest absolute Gasteiger partial charge is 0.0154 e. The van der Waals surface area contributed by atoms with Crippen LogP contribution in [-0.4, -0.2) is 0 Å². The number of rotatable bonds is 6. The second-order valence-electron chi connectivity index (χ2n) is 4.82. The van der Waals surface area contributed by atoms with Gasteiger partial charge in [-0.25, -0.2) is 0 Å². The third-order valence-corrected chi connectivity index (χ3v) is 3.20. The molecule has 0 amide bonds. The molecule has 0 aliphatic heterocycles. The van der Waals surface area contributed by atoms with Gasteiger partial charge in [0.25, 0.3) is 0 Å². The van der Waals surface area contributed by atoms with Gasteiger partial charge in [0.1, 0.15) is 0 Å². The van der Waals surface area contributed by atoms with Crippen molar-refractivity contribution in [1.82, 2.24) is 0 Å². The maximum absolute atomic E-state index is 2.26. The van der Waals surface area contributed by atoms with Gasteiger partial charge in [-0.05, 0) is 36.3 Å². The lowest BCUT2D eigenvalue weighted by Gasteiger charge is -2.15. The second-order valence-corrected chi connectivity index (χ2v) is 4.82. The Bertz CT molecular complexity index is 389. The highest BCUT2D eigenvalue weighted by Crippen LogP contribution is 2.21. The Balaban J connectivity index is 2.00. The molecule has 0 heterocycles. The molecule has 0 fully saturated rings. The Morgan fingerprint density at radius 1 is 0.722 bits per heavy atom. The molecule has 0 saturated carbocycles. The molecule has 0 heteroatoms. The predicted molar refractivity (Wildman–Crippen MR) is 78.4 cm³/mol. The lowest BCUT2D eigenvalue weighted by Crippen LogP contribution is -2.05. The highest BCUT2D eigenvalue weighted by molar-refractivity contribution is 5.24. The lowest BCUT2D eigenvalue weighted by molar-refractivity contribution is 0.714. The van der Waals surface area contributed by atoms with Crippen LogP contribution in [0.4, 0.5) is 0 Å². The monoisotopic (exact) mass is 237 g/mol. The molecular weight excluding hydrogens is 216 g/mol. The van der Waals surface area contributed by atoms with Crippen LogP contribution in [-0.2, 0) is 12.8 Å². The molecule has 93 valence electrons. The molecule has 2 rings (SSSR count). The molecule has 0 N–H and O–H groups in total. The minimum atomic E-state index is 1.11. The van der Waals surface area contributed by atoms with Gasteiger partial charge in [-0.3, -0.25) is 0 Å². The van der Waals surface area contributed by atoms with Gasteiger partial charge >= 0.3 is 0 Å². The van der Waals surface area contributed by atoms with Crippen molar-refractivity contribution in [2.24, 2.45) is 0 Å². The third kappa shape index (κ3) is 4.03. The van der Waals surface area contributed by atoms with Crippen LogP contribution in [0.1, 0.15) is 30.9 Å². The van der Waals surface area contributed by atoms with E-state index in [2.05, 4.69) is 67.6 Å². The second kappa shape index (κ2) is 7.00. The SMILES string of the molecule is CCC[C](Cc1ccccc1)Cc1ccccc1. The predicted octanol–water partition coefficient (Wildman–Crippen LogP) is 4.85. The van der Waals surface area contributed by atoms with E-state index in [0.29, 0.717) is 0 Å². The maximum Gasteiger partial charge on any atom is -0.0154 e. The van der Waals surface area contributed by atoms with E-state index in [1.54, 1.807) is 5.92 Å². The van der Waals surface area contributed by atoms with Crippen LogP contribution >= 0.6 is 0 Å². The summed E-state index contributed by atoms with van der Waals surface area (Å²) >= 11 is 0. The first-order valence-corrected chi connectivity index (χ1v) is 6.80. The van der Waals surface area contributed by atoms with Gasteiger partial charge < -0.3 is 0 Å². The van der Waals surface area contributed by atoms with Crippen molar-refractivity contribution in [1.29, 1.82) is 0 Å². The molecule has 0 nitrogen and oxygen atoms in total. The summed E-state index contributed by atoms with van der Waals surface area (Å²) in [6.07, 6.45) is 4.69. The average Bonchev–Trinajstić information content (AvgIpc) is 2.41. The van der Waals surface area contributed by atoms with Crippen molar-refractivity contribution in [2.45, 2.75) is 32.6 Å². The van der Waals surface area contributed by atoms with Crippen LogP contribution < -0.4 is 0 Å². The van der Waals surface area contributed by atoms with Crippen LogP contribution in [0, 0.1) is 5.92 Å². The molecule has 0 bridgehead atoms. The van der Waals surface area contributed by atoms with Gasteiger partial charge in [0.05, 0.1) is 0 Å². The molecule has 2 aromatic rings. The zero-order valence-electron chi connectivity index (χ0n) is 11.1. The van der Waals surface area contributed by atoms with Gasteiger partial charge in [-0.1, -0.05) is 74.0 Å². The fourth-order valence-corrected chi connectivity index (χ4v) is 2.36. The van der Waals surface area contributed by atoms with Crippen LogP contribution in [0.5, 0.6) is 0 Å². The summed E-state index contributed by atoms with van der Waals surface area (Å²) in [5, 5.41) is 0. The van der Waals surface area contributed by atoms with E-state index in [4.69, 9.17) is 0 Å². The average molecular weight is 237 g/mol.